The topological polar surface area (TPSA) is 102 Å². The number of carbonyl (C=O) groups is 1. The maximum atomic E-state index is 11.1. The fourth-order valence-corrected chi connectivity index (χ4v) is 2.75. The standard InChI is InChI=1S/C23H23NO5.ClH/c24-21(23(26)27)22(25)18-11-12-19(28-14-16-7-3-1-4-8-16)20(13-18)29-15-17-9-5-2-6-10-17;/h1-13,21-22,25H,14-15,24H2,(H,26,27);1H/t21-,22-;/m0./s1. The quantitative estimate of drug-likeness (QED) is 0.479. The first kappa shape index (κ1) is 23.2. The van der Waals surface area contributed by atoms with Crippen molar-refractivity contribution in [1.82, 2.24) is 0 Å². The van der Waals surface area contributed by atoms with E-state index in [1.54, 1.807) is 18.2 Å². The maximum Gasteiger partial charge on any atom is 0.323 e. The number of nitrogens with two attached hydrogens (primary N) is 1. The van der Waals surface area contributed by atoms with E-state index in [9.17, 15) is 9.90 Å². The molecule has 0 spiro atoms. The first-order chi connectivity index (χ1) is 14.0. The molecule has 4 N–H and O–H groups in total. The van der Waals surface area contributed by atoms with Gasteiger partial charge in [-0.15, -0.1) is 12.4 Å². The minimum absolute atomic E-state index is 0. The Hall–Kier alpha value is -3.06. The lowest BCUT2D eigenvalue weighted by Crippen LogP contribution is -2.36. The van der Waals surface area contributed by atoms with Crippen molar-refractivity contribution in [3.63, 3.8) is 0 Å². The summed E-state index contributed by atoms with van der Waals surface area (Å²) >= 11 is 0. The molecule has 30 heavy (non-hydrogen) atoms. The summed E-state index contributed by atoms with van der Waals surface area (Å²) in [5, 5.41) is 19.3. The Morgan fingerprint density at radius 1 is 0.833 bits per heavy atom. The summed E-state index contributed by atoms with van der Waals surface area (Å²) in [6.45, 7) is 0.645. The Morgan fingerprint density at radius 3 is 1.83 bits per heavy atom. The Kier molecular flexibility index (Phi) is 8.68. The van der Waals surface area contributed by atoms with Crippen molar-refractivity contribution in [2.75, 3.05) is 0 Å². The number of ether oxygens (including phenoxy) is 2. The second-order valence-corrected chi connectivity index (χ2v) is 6.56. The van der Waals surface area contributed by atoms with Crippen molar-refractivity contribution in [3.8, 4) is 11.5 Å². The van der Waals surface area contributed by atoms with Gasteiger partial charge in [0.2, 0.25) is 0 Å². The van der Waals surface area contributed by atoms with Crippen molar-refractivity contribution in [1.29, 1.82) is 0 Å². The van der Waals surface area contributed by atoms with Crippen LogP contribution in [-0.4, -0.2) is 22.2 Å². The maximum absolute atomic E-state index is 11.1. The van der Waals surface area contributed by atoms with Crippen LogP contribution in [0.4, 0.5) is 0 Å². The molecule has 158 valence electrons. The fraction of sp³-hybridized carbons (Fsp3) is 0.174. The Morgan fingerprint density at radius 2 is 1.33 bits per heavy atom. The highest BCUT2D eigenvalue weighted by atomic mass is 35.5. The normalized spacial score (nSPS) is 12.3. The molecule has 0 bridgehead atoms. The van der Waals surface area contributed by atoms with Crippen molar-refractivity contribution < 1.29 is 24.5 Å². The molecule has 3 rings (SSSR count). The van der Waals surface area contributed by atoms with E-state index in [2.05, 4.69) is 0 Å². The summed E-state index contributed by atoms with van der Waals surface area (Å²) in [6.07, 6.45) is -1.37. The van der Waals surface area contributed by atoms with Gasteiger partial charge < -0.3 is 25.4 Å². The number of aliphatic hydroxyl groups is 1. The zero-order chi connectivity index (χ0) is 20.6. The first-order valence-electron chi connectivity index (χ1n) is 9.18. The van der Waals surface area contributed by atoms with Crippen LogP contribution in [0.1, 0.15) is 22.8 Å². The molecular formula is C23H24ClNO5. The average molecular weight is 430 g/mol. The van der Waals surface area contributed by atoms with Crippen molar-refractivity contribution >= 4 is 18.4 Å². The molecular weight excluding hydrogens is 406 g/mol. The molecule has 0 aromatic heterocycles. The van der Waals surface area contributed by atoms with Crippen LogP contribution in [0.2, 0.25) is 0 Å². The van der Waals surface area contributed by atoms with E-state index in [0.717, 1.165) is 11.1 Å². The summed E-state index contributed by atoms with van der Waals surface area (Å²) in [6, 6.07) is 22.7. The smallest absolute Gasteiger partial charge is 0.323 e. The first-order valence-corrected chi connectivity index (χ1v) is 9.18. The molecule has 2 atom stereocenters. The molecule has 0 radical (unpaired) electrons. The molecule has 3 aromatic rings. The van der Waals surface area contributed by atoms with E-state index in [1.165, 1.54) is 0 Å². The number of halogens is 1. The summed E-state index contributed by atoms with van der Waals surface area (Å²) in [4.78, 5) is 11.1. The molecule has 0 aliphatic carbocycles. The lowest BCUT2D eigenvalue weighted by atomic mass is 10.0. The lowest BCUT2D eigenvalue weighted by molar-refractivity contribution is -0.141. The van der Waals surface area contributed by atoms with Crippen LogP contribution in [0.15, 0.2) is 78.9 Å². The van der Waals surface area contributed by atoms with Crippen LogP contribution in [-0.2, 0) is 18.0 Å². The Bertz CT molecular complexity index is 937. The number of hydrogen-bond donors (Lipinski definition) is 3. The van der Waals surface area contributed by atoms with Gasteiger partial charge >= 0.3 is 5.97 Å². The highest BCUT2D eigenvalue weighted by Gasteiger charge is 2.24. The van der Waals surface area contributed by atoms with Gasteiger partial charge in [0.15, 0.2) is 11.5 Å². The van der Waals surface area contributed by atoms with E-state index in [-0.39, 0.29) is 12.4 Å². The second-order valence-electron chi connectivity index (χ2n) is 6.56. The van der Waals surface area contributed by atoms with Crippen LogP contribution >= 0.6 is 12.4 Å². The summed E-state index contributed by atoms with van der Waals surface area (Å²) in [5.74, 6) is -0.391. The van der Waals surface area contributed by atoms with E-state index >= 15 is 0 Å². The molecule has 0 saturated heterocycles. The van der Waals surface area contributed by atoms with Crippen molar-refractivity contribution in [2.24, 2.45) is 5.73 Å². The van der Waals surface area contributed by atoms with Gasteiger partial charge in [-0.3, -0.25) is 4.79 Å². The zero-order valence-electron chi connectivity index (χ0n) is 16.2. The van der Waals surface area contributed by atoms with Gasteiger partial charge in [-0.1, -0.05) is 66.7 Å². The molecule has 0 saturated carbocycles. The molecule has 3 aromatic carbocycles. The number of hydrogen-bond acceptors (Lipinski definition) is 5. The van der Waals surface area contributed by atoms with Crippen molar-refractivity contribution in [2.45, 2.75) is 25.4 Å². The minimum Gasteiger partial charge on any atom is -0.485 e. The van der Waals surface area contributed by atoms with Crippen LogP contribution in [0.3, 0.4) is 0 Å². The van der Waals surface area contributed by atoms with Gasteiger partial charge in [0, 0.05) is 0 Å². The highest BCUT2D eigenvalue weighted by Crippen LogP contribution is 2.32. The van der Waals surface area contributed by atoms with E-state index in [1.807, 2.05) is 60.7 Å². The van der Waals surface area contributed by atoms with Crippen LogP contribution in [0, 0.1) is 0 Å². The third kappa shape index (κ3) is 6.22. The van der Waals surface area contributed by atoms with Crippen LogP contribution in [0.5, 0.6) is 11.5 Å². The lowest BCUT2D eigenvalue weighted by Gasteiger charge is -2.18. The molecule has 0 unspecified atom stereocenters. The molecule has 7 heteroatoms. The number of rotatable bonds is 9. The number of carboxylic acid groups (broad SMARTS) is 1. The number of aliphatic hydroxyl groups excluding tert-OH is 1. The molecule has 6 nitrogen and oxygen atoms in total. The molecule has 0 aliphatic heterocycles. The minimum atomic E-state index is -1.44. The monoisotopic (exact) mass is 429 g/mol. The van der Waals surface area contributed by atoms with Gasteiger partial charge in [-0.05, 0) is 28.8 Å². The predicted molar refractivity (Wildman–Crippen MR) is 116 cm³/mol. The largest absolute Gasteiger partial charge is 0.485 e. The summed E-state index contributed by atoms with van der Waals surface area (Å²) in [5.41, 5.74) is 7.87. The Labute approximate surface area is 181 Å². The van der Waals surface area contributed by atoms with Gasteiger partial charge in [-0.2, -0.15) is 0 Å². The van der Waals surface area contributed by atoms with Crippen molar-refractivity contribution in [3.05, 3.63) is 95.6 Å². The third-order valence-electron chi connectivity index (χ3n) is 4.41. The number of benzene rings is 3. The highest BCUT2D eigenvalue weighted by molar-refractivity contribution is 5.85. The third-order valence-corrected chi connectivity index (χ3v) is 4.41. The van der Waals surface area contributed by atoms with E-state index in [0.29, 0.717) is 30.3 Å². The van der Waals surface area contributed by atoms with Crippen LogP contribution in [0.25, 0.3) is 0 Å². The second kappa shape index (κ2) is 11.2. The summed E-state index contributed by atoms with van der Waals surface area (Å²) < 4.78 is 11.8. The van der Waals surface area contributed by atoms with Gasteiger partial charge in [0.1, 0.15) is 25.4 Å². The Balaban J connectivity index is 0.00000320. The predicted octanol–water partition coefficient (Wildman–Crippen LogP) is 3.71. The van der Waals surface area contributed by atoms with Crippen LogP contribution < -0.4 is 15.2 Å². The molecule has 0 fully saturated rings. The SMILES string of the molecule is Cl.N[C@H](C(=O)O)[C@@H](O)c1ccc(OCc2ccccc2)c(OCc2ccccc2)c1. The molecule has 0 amide bonds. The van der Waals surface area contributed by atoms with E-state index < -0.39 is 18.1 Å². The molecule has 0 heterocycles. The number of carboxylic acids is 1. The van der Waals surface area contributed by atoms with Gasteiger partial charge in [0.05, 0.1) is 0 Å². The average Bonchev–Trinajstić information content (AvgIpc) is 2.76. The van der Waals surface area contributed by atoms with E-state index in [4.69, 9.17) is 20.3 Å². The zero-order valence-corrected chi connectivity index (χ0v) is 17.0. The van der Waals surface area contributed by atoms with Gasteiger partial charge in [-0.25, -0.2) is 0 Å². The fourth-order valence-electron chi connectivity index (χ4n) is 2.75. The van der Waals surface area contributed by atoms with Gasteiger partial charge in [0.25, 0.3) is 0 Å². The summed E-state index contributed by atoms with van der Waals surface area (Å²) in [7, 11) is 0. The number of aliphatic carboxylic acids is 1. The molecule has 0 aliphatic rings.